The molecular formula is C16H20ClNO4. The highest BCUT2D eigenvalue weighted by atomic mass is 35.5. The van der Waals surface area contributed by atoms with E-state index in [1.54, 1.807) is 18.1 Å². The molecule has 1 aliphatic heterocycles. The Bertz CT molecular complexity index is 629. The van der Waals surface area contributed by atoms with E-state index >= 15 is 0 Å². The number of amides is 1. The molecule has 0 saturated heterocycles. The molecule has 0 spiro atoms. The fourth-order valence-electron chi connectivity index (χ4n) is 2.90. The first-order valence-corrected chi connectivity index (χ1v) is 7.53. The van der Waals surface area contributed by atoms with Crippen LogP contribution in [0.1, 0.15) is 43.0 Å². The second-order valence-electron chi connectivity index (χ2n) is 5.72. The van der Waals surface area contributed by atoms with Crippen molar-refractivity contribution in [1.82, 2.24) is 4.90 Å². The molecule has 1 aliphatic rings. The van der Waals surface area contributed by atoms with Crippen molar-refractivity contribution < 1.29 is 19.4 Å². The van der Waals surface area contributed by atoms with Crippen molar-refractivity contribution in [3.63, 3.8) is 0 Å². The predicted octanol–water partition coefficient (Wildman–Crippen LogP) is 3.17. The fraction of sp³-hybridized carbons (Fsp3) is 0.500. The molecule has 0 bridgehead atoms. The molecule has 2 rings (SSSR count). The molecule has 2 atom stereocenters. The van der Waals surface area contributed by atoms with E-state index in [1.165, 1.54) is 6.92 Å². The Morgan fingerprint density at radius 2 is 2.18 bits per heavy atom. The molecule has 1 amide bonds. The Morgan fingerprint density at radius 3 is 2.73 bits per heavy atom. The van der Waals surface area contributed by atoms with Gasteiger partial charge in [-0.05, 0) is 36.6 Å². The van der Waals surface area contributed by atoms with E-state index in [0.717, 1.165) is 16.7 Å². The lowest BCUT2D eigenvalue weighted by atomic mass is 10.0. The average molecular weight is 326 g/mol. The molecule has 1 aromatic carbocycles. The number of rotatable bonds is 4. The van der Waals surface area contributed by atoms with E-state index in [4.69, 9.17) is 21.4 Å². The van der Waals surface area contributed by atoms with Crippen molar-refractivity contribution in [3.05, 3.63) is 27.8 Å². The van der Waals surface area contributed by atoms with Crippen molar-refractivity contribution in [2.24, 2.45) is 5.92 Å². The molecule has 1 aromatic rings. The van der Waals surface area contributed by atoms with Gasteiger partial charge in [0.05, 0.1) is 19.1 Å². The summed E-state index contributed by atoms with van der Waals surface area (Å²) in [6.07, 6.45) is -0.0124. The molecule has 0 fully saturated rings. The minimum Gasteiger partial charge on any atom is -0.496 e. The molecule has 1 unspecified atom stereocenters. The Hall–Kier alpha value is -1.75. The van der Waals surface area contributed by atoms with Gasteiger partial charge in [0, 0.05) is 18.0 Å². The van der Waals surface area contributed by atoms with E-state index in [0.29, 0.717) is 17.3 Å². The third-order valence-corrected chi connectivity index (χ3v) is 4.63. The predicted molar refractivity (Wildman–Crippen MR) is 83.1 cm³/mol. The third kappa shape index (κ3) is 2.77. The average Bonchev–Trinajstić information content (AvgIpc) is 2.81. The first-order chi connectivity index (χ1) is 10.3. The number of carboxylic acid groups (broad SMARTS) is 1. The quantitative estimate of drug-likeness (QED) is 0.923. The van der Waals surface area contributed by atoms with Crippen LogP contribution in [0.5, 0.6) is 5.75 Å². The number of halogens is 1. The summed E-state index contributed by atoms with van der Waals surface area (Å²) >= 11 is 6.33. The molecule has 120 valence electrons. The van der Waals surface area contributed by atoms with E-state index in [2.05, 4.69) is 0 Å². The minimum atomic E-state index is -0.964. The van der Waals surface area contributed by atoms with Gasteiger partial charge in [0.25, 0.3) is 0 Å². The monoisotopic (exact) mass is 325 g/mol. The van der Waals surface area contributed by atoms with Gasteiger partial charge in [-0.15, -0.1) is 0 Å². The number of carboxylic acids is 1. The van der Waals surface area contributed by atoms with Crippen LogP contribution >= 0.6 is 11.6 Å². The number of benzene rings is 1. The number of fused-ring (bicyclic) bond motifs is 1. The largest absolute Gasteiger partial charge is 0.496 e. The zero-order valence-electron chi connectivity index (χ0n) is 13.1. The van der Waals surface area contributed by atoms with Gasteiger partial charge < -0.3 is 14.7 Å². The number of hydrogen-bond acceptors (Lipinski definition) is 3. The van der Waals surface area contributed by atoms with E-state index in [1.807, 2.05) is 13.8 Å². The summed E-state index contributed by atoms with van der Waals surface area (Å²) in [7, 11) is 1.58. The van der Waals surface area contributed by atoms with Gasteiger partial charge in [0.15, 0.2) is 0 Å². The Morgan fingerprint density at radius 1 is 1.55 bits per heavy atom. The highest BCUT2D eigenvalue weighted by molar-refractivity contribution is 6.31. The van der Waals surface area contributed by atoms with Crippen LogP contribution in [0, 0.1) is 12.8 Å². The summed E-state index contributed by atoms with van der Waals surface area (Å²) < 4.78 is 5.31. The minimum absolute atomic E-state index is 0.0124. The number of carbonyl (C=O) groups is 2. The first-order valence-electron chi connectivity index (χ1n) is 7.16. The summed E-state index contributed by atoms with van der Waals surface area (Å²) in [5, 5.41) is 9.54. The maximum atomic E-state index is 12.4. The molecule has 5 nitrogen and oxygen atoms in total. The van der Waals surface area contributed by atoms with Crippen LogP contribution in [0.25, 0.3) is 0 Å². The highest BCUT2D eigenvalue weighted by Crippen LogP contribution is 2.43. The van der Waals surface area contributed by atoms with Gasteiger partial charge in [0.2, 0.25) is 5.91 Å². The molecule has 1 heterocycles. The molecule has 0 aromatic heterocycles. The lowest BCUT2D eigenvalue weighted by molar-refractivity contribution is -0.145. The number of nitrogens with zero attached hydrogens (tertiary/aromatic N) is 1. The van der Waals surface area contributed by atoms with Gasteiger partial charge in [-0.2, -0.15) is 0 Å². The van der Waals surface area contributed by atoms with Gasteiger partial charge in [-0.25, -0.2) is 0 Å². The van der Waals surface area contributed by atoms with Crippen molar-refractivity contribution in [3.8, 4) is 5.75 Å². The zero-order valence-corrected chi connectivity index (χ0v) is 13.9. The van der Waals surface area contributed by atoms with Crippen LogP contribution in [-0.4, -0.2) is 29.0 Å². The maximum Gasteiger partial charge on any atom is 0.306 e. The SMILES string of the molecule is COc1cc(Cl)c2c(c1C)CN(C(=O)C[C@H](C)C(=O)O)C2C. The van der Waals surface area contributed by atoms with E-state index in [9.17, 15) is 9.59 Å². The molecule has 6 heteroatoms. The summed E-state index contributed by atoms with van der Waals surface area (Å²) in [6.45, 7) is 5.82. The summed E-state index contributed by atoms with van der Waals surface area (Å²) in [5.41, 5.74) is 2.89. The van der Waals surface area contributed by atoms with Crippen molar-refractivity contribution in [2.45, 2.75) is 39.8 Å². The van der Waals surface area contributed by atoms with Crippen molar-refractivity contribution >= 4 is 23.5 Å². The smallest absolute Gasteiger partial charge is 0.306 e. The molecule has 0 saturated carbocycles. The molecule has 0 radical (unpaired) electrons. The van der Waals surface area contributed by atoms with Crippen LogP contribution in [0.3, 0.4) is 0 Å². The van der Waals surface area contributed by atoms with Gasteiger partial charge in [-0.3, -0.25) is 9.59 Å². The lowest BCUT2D eigenvalue weighted by Gasteiger charge is -2.23. The standard InChI is InChI=1S/C16H20ClNO4/c1-8(16(20)21)5-14(19)18-7-11-9(2)13(22-4)6-12(17)15(11)10(18)3/h6,8,10H,5,7H2,1-4H3,(H,20,21)/t8-,10?/m0/s1. The number of ether oxygens (including phenoxy) is 1. The number of aliphatic carboxylic acids is 1. The topological polar surface area (TPSA) is 66.8 Å². The summed E-state index contributed by atoms with van der Waals surface area (Å²) in [5.74, 6) is -1.14. The van der Waals surface area contributed by atoms with Crippen LogP contribution < -0.4 is 4.74 Å². The number of carbonyl (C=O) groups excluding carboxylic acids is 1. The van der Waals surface area contributed by atoms with Crippen LogP contribution in [0.4, 0.5) is 0 Å². The second-order valence-corrected chi connectivity index (χ2v) is 6.13. The Kier molecular flexibility index (Phi) is 4.66. The van der Waals surface area contributed by atoms with Crippen molar-refractivity contribution in [1.29, 1.82) is 0 Å². The van der Waals surface area contributed by atoms with E-state index < -0.39 is 11.9 Å². The summed E-state index contributed by atoms with van der Waals surface area (Å²) in [6, 6.07) is 1.60. The maximum absolute atomic E-state index is 12.4. The van der Waals surface area contributed by atoms with Gasteiger partial charge in [-0.1, -0.05) is 18.5 Å². The van der Waals surface area contributed by atoms with Gasteiger partial charge in [0.1, 0.15) is 5.75 Å². The normalized spacial score (nSPS) is 18.0. The van der Waals surface area contributed by atoms with E-state index in [-0.39, 0.29) is 18.4 Å². The molecular weight excluding hydrogens is 306 g/mol. The van der Waals surface area contributed by atoms with Crippen LogP contribution in [-0.2, 0) is 16.1 Å². The molecule has 1 N–H and O–H groups in total. The van der Waals surface area contributed by atoms with Crippen LogP contribution in [0.15, 0.2) is 6.07 Å². The molecule has 22 heavy (non-hydrogen) atoms. The second kappa shape index (κ2) is 6.16. The zero-order chi connectivity index (χ0) is 16.6. The first kappa shape index (κ1) is 16.6. The highest BCUT2D eigenvalue weighted by Gasteiger charge is 2.35. The van der Waals surface area contributed by atoms with Crippen LogP contribution in [0.2, 0.25) is 5.02 Å². The Balaban J connectivity index is 2.30. The lowest BCUT2D eigenvalue weighted by Crippen LogP contribution is -2.30. The molecule has 0 aliphatic carbocycles. The number of hydrogen-bond donors (Lipinski definition) is 1. The number of methoxy groups -OCH3 is 1. The van der Waals surface area contributed by atoms with Crippen molar-refractivity contribution in [2.75, 3.05) is 7.11 Å². The third-order valence-electron chi connectivity index (χ3n) is 4.32. The van der Waals surface area contributed by atoms with Gasteiger partial charge >= 0.3 is 5.97 Å². The summed E-state index contributed by atoms with van der Waals surface area (Å²) in [4.78, 5) is 25.0. The Labute approximate surface area is 134 Å². The fourth-order valence-corrected chi connectivity index (χ4v) is 3.27.